The van der Waals surface area contributed by atoms with Crippen LogP contribution in [-0.2, 0) is 19.1 Å². The van der Waals surface area contributed by atoms with Gasteiger partial charge in [-0.2, -0.15) is 0 Å². The van der Waals surface area contributed by atoms with Crippen LogP contribution in [-0.4, -0.2) is 53.5 Å². The minimum Gasteiger partial charge on any atom is -0.463 e. The number of carbonyl (C=O) groups is 2. The third-order valence-electron chi connectivity index (χ3n) is 3.13. The molecular weight excluding hydrogens is 276 g/mol. The molecule has 3 atom stereocenters. The highest BCUT2D eigenvalue weighted by Gasteiger charge is 2.27. The summed E-state index contributed by atoms with van der Waals surface area (Å²) >= 11 is 0. The highest BCUT2D eigenvalue weighted by Crippen LogP contribution is 2.11. The Morgan fingerprint density at radius 3 is 2.71 bits per heavy atom. The zero-order chi connectivity index (χ0) is 15.8. The molecule has 2 unspecified atom stereocenters. The lowest BCUT2D eigenvalue weighted by Crippen LogP contribution is -2.42. The van der Waals surface area contributed by atoms with E-state index >= 15 is 0 Å². The summed E-state index contributed by atoms with van der Waals surface area (Å²) in [5.41, 5.74) is 5.57. The van der Waals surface area contributed by atoms with Crippen LogP contribution in [0.15, 0.2) is 12.3 Å². The summed E-state index contributed by atoms with van der Waals surface area (Å²) in [6.45, 7) is 3.68. The molecule has 1 aliphatic rings. The fraction of sp³-hybridized carbons (Fsp3) is 0.714. The van der Waals surface area contributed by atoms with Crippen LogP contribution in [0.4, 0.5) is 0 Å². The quantitative estimate of drug-likeness (QED) is 0.485. The maximum atomic E-state index is 11.7. The molecule has 3 N–H and O–H groups in total. The second-order valence-corrected chi connectivity index (χ2v) is 5.01. The summed E-state index contributed by atoms with van der Waals surface area (Å²) in [5.74, 6) is -1.18. The topological polar surface area (TPSA) is 102 Å². The molecule has 0 aliphatic carbocycles. The van der Waals surface area contributed by atoms with E-state index in [9.17, 15) is 14.7 Å². The van der Waals surface area contributed by atoms with E-state index in [2.05, 4.69) is 6.92 Å². The van der Waals surface area contributed by atoms with Crippen LogP contribution in [0.25, 0.3) is 0 Å². The predicted molar refractivity (Wildman–Crippen MR) is 75.9 cm³/mol. The summed E-state index contributed by atoms with van der Waals surface area (Å²) in [7, 11) is 0. The standard InChI is InChI=1S/C14H24N2O5/c1-3-4-5-8-20-14(19)10(2)21-12(17)9-16-7-6-11(15)13(16)18/h6-7,10-11,13,18H,3-5,8-9,15H2,1-2H3/t10-,11?,13?/m1/s1. The van der Waals surface area contributed by atoms with Crippen LogP contribution in [0.1, 0.15) is 33.1 Å². The van der Waals surface area contributed by atoms with Crippen molar-refractivity contribution >= 4 is 11.9 Å². The molecule has 0 fully saturated rings. The van der Waals surface area contributed by atoms with Gasteiger partial charge in [0.15, 0.2) is 6.10 Å². The number of aliphatic hydroxyl groups is 1. The zero-order valence-electron chi connectivity index (χ0n) is 12.5. The van der Waals surface area contributed by atoms with E-state index < -0.39 is 30.3 Å². The zero-order valence-corrected chi connectivity index (χ0v) is 12.5. The molecule has 0 aromatic rings. The summed E-state index contributed by atoms with van der Waals surface area (Å²) in [6, 6.07) is -0.529. The predicted octanol–water partition coefficient (Wildman–Crippen LogP) is 0.127. The molecule has 0 aromatic carbocycles. The number of ether oxygens (including phenoxy) is 2. The van der Waals surface area contributed by atoms with Crippen molar-refractivity contribution in [3.05, 3.63) is 12.3 Å². The minimum absolute atomic E-state index is 0.168. The third-order valence-corrected chi connectivity index (χ3v) is 3.13. The average Bonchev–Trinajstić information content (AvgIpc) is 2.75. The van der Waals surface area contributed by atoms with Gasteiger partial charge < -0.3 is 25.2 Å². The number of esters is 2. The Morgan fingerprint density at radius 1 is 1.43 bits per heavy atom. The van der Waals surface area contributed by atoms with Gasteiger partial charge in [0.05, 0.1) is 12.6 Å². The molecule has 120 valence electrons. The number of hydrogen-bond donors (Lipinski definition) is 2. The fourth-order valence-electron chi connectivity index (χ4n) is 1.84. The first-order valence-corrected chi connectivity index (χ1v) is 7.19. The SMILES string of the molecule is CCCCCOC(=O)[C@@H](C)OC(=O)CN1C=CC(N)C1O. The van der Waals surface area contributed by atoms with Gasteiger partial charge in [-0.1, -0.05) is 19.8 Å². The van der Waals surface area contributed by atoms with Gasteiger partial charge in [-0.05, 0) is 25.6 Å². The Morgan fingerprint density at radius 2 is 2.14 bits per heavy atom. The number of hydrogen-bond acceptors (Lipinski definition) is 7. The Balaban J connectivity index is 2.27. The van der Waals surface area contributed by atoms with Crippen LogP contribution in [0, 0.1) is 0 Å². The summed E-state index contributed by atoms with van der Waals surface area (Å²) in [4.78, 5) is 24.6. The lowest BCUT2D eigenvalue weighted by molar-refractivity contribution is -0.167. The van der Waals surface area contributed by atoms with Crippen molar-refractivity contribution in [1.82, 2.24) is 4.90 Å². The summed E-state index contributed by atoms with van der Waals surface area (Å²) in [5, 5.41) is 9.66. The molecule has 7 heteroatoms. The first kappa shape index (κ1) is 17.5. The van der Waals surface area contributed by atoms with Gasteiger partial charge in [0.2, 0.25) is 0 Å². The second-order valence-electron chi connectivity index (χ2n) is 5.01. The van der Waals surface area contributed by atoms with Crippen LogP contribution >= 0.6 is 0 Å². The first-order chi connectivity index (χ1) is 9.95. The second kappa shape index (κ2) is 8.63. The number of nitrogens with zero attached hydrogens (tertiary/aromatic N) is 1. The molecule has 0 aromatic heterocycles. The molecular formula is C14H24N2O5. The van der Waals surface area contributed by atoms with E-state index in [-0.39, 0.29) is 6.54 Å². The van der Waals surface area contributed by atoms with Crippen molar-refractivity contribution in [2.75, 3.05) is 13.2 Å². The Kier molecular flexibility index (Phi) is 7.18. The van der Waals surface area contributed by atoms with Crippen molar-refractivity contribution < 1.29 is 24.2 Å². The van der Waals surface area contributed by atoms with Gasteiger partial charge in [0.1, 0.15) is 12.8 Å². The van der Waals surface area contributed by atoms with Crippen molar-refractivity contribution in [1.29, 1.82) is 0 Å². The van der Waals surface area contributed by atoms with Gasteiger partial charge in [0, 0.05) is 0 Å². The monoisotopic (exact) mass is 300 g/mol. The third kappa shape index (κ3) is 5.73. The van der Waals surface area contributed by atoms with Crippen LogP contribution < -0.4 is 5.73 Å². The van der Waals surface area contributed by atoms with Gasteiger partial charge in [-0.3, -0.25) is 4.79 Å². The number of unbranched alkanes of at least 4 members (excludes halogenated alkanes) is 2. The minimum atomic E-state index is -0.962. The van der Waals surface area contributed by atoms with Crippen molar-refractivity contribution in [2.45, 2.75) is 51.5 Å². The molecule has 21 heavy (non-hydrogen) atoms. The van der Waals surface area contributed by atoms with Crippen LogP contribution in [0.5, 0.6) is 0 Å². The molecule has 0 spiro atoms. The van der Waals surface area contributed by atoms with Gasteiger partial charge in [0.25, 0.3) is 0 Å². The molecule has 1 aliphatic heterocycles. The molecule has 0 saturated carbocycles. The highest BCUT2D eigenvalue weighted by molar-refractivity contribution is 5.79. The summed E-state index contributed by atoms with van der Waals surface area (Å²) in [6.07, 6.45) is 4.03. The molecule has 1 rings (SSSR count). The maximum absolute atomic E-state index is 11.7. The van der Waals surface area contributed by atoms with E-state index in [4.69, 9.17) is 15.2 Å². The van der Waals surface area contributed by atoms with E-state index in [0.717, 1.165) is 19.3 Å². The van der Waals surface area contributed by atoms with Gasteiger partial charge in [-0.15, -0.1) is 0 Å². The summed E-state index contributed by atoms with van der Waals surface area (Å²) < 4.78 is 9.98. The van der Waals surface area contributed by atoms with Crippen molar-refractivity contribution in [3.8, 4) is 0 Å². The molecule has 7 nitrogen and oxygen atoms in total. The Hall–Kier alpha value is -1.60. The lowest BCUT2D eigenvalue weighted by Gasteiger charge is -2.23. The molecule has 0 amide bonds. The first-order valence-electron chi connectivity index (χ1n) is 7.19. The molecule has 1 heterocycles. The van der Waals surface area contributed by atoms with Crippen molar-refractivity contribution in [2.24, 2.45) is 5.73 Å². The molecule has 0 saturated heterocycles. The van der Waals surface area contributed by atoms with E-state index in [0.29, 0.717) is 6.61 Å². The van der Waals surface area contributed by atoms with E-state index in [1.807, 2.05) is 0 Å². The Labute approximate surface area is 124 Å². The van der Waals surface area contributed by atoms with Gasteiger partial charge >= 0.3 is 11.9 Å². The van der Waals surface area contributed by atoms with Gasteiger partial charge in [-0.25, -0.2) is 4.79 Å². The number of rotatable bonds is 8. The highest BCUT2D eigenvalue weighted by atomic mass is 16.6. The van der Waals surface area contributed by atoms with Crippen LogP contribution in [0.3, 0.4) is 0 Å². The molecule has 0 radical (unpaired) electrons. The fourth-order valence-corrected chi connectivity index (χ4v) is 1.84. The van der Waals surface area contributed by atoms with E-state index in [1.54, 1.807) is 6.08 Å². The number of carbonyl (C=O) groups excluding carboxylic acids is 2. The average molecular weight is 300 g/mol. The van der Waals surface area contributed by atoms with Crippen molar-refractivity contribution in [3.63, 3.8) is 0 Å². The smallest absolute Gasteiger partial charge is 0.347 e. The molecule has 0 bridgehead atoms. The normalized spacial score (nSPS) is 22.2. The Bertz CT molecular complexity index is 386. The lowest BCUT2D eigenvalue weighted by atomic mass is 10.3. The largest absolute Gasteiger partial charge is 0.463 e. The number of aliphatic hydroxyl groups excluding tert-OH is 1. The number of nitrogens with two attached hydrogens (primary N) is 1. The maximum Gasteiger partial charge on any atom is 0.347 e. The van der Waals surface area contributed by atoms with E-state index in [1.165, 1.54) is 18.0 Å². The van der Waals surface area contributed by atoms with Crippen LogP contribution in [0.2, 0.25) is 0 Å².